The van der Waals surface area contributed by atoms with E-state index in [2.05, 4.69) is 16.1 Å². The lowest BCUT2D eigenvalue weighted by Gasteiger charge is -2.40. The number of aryl methyl sites for hydroxylation is 2. The highest BCUT2D eigenvalue weighted by Crippen LogP contribution is 2.28. The zero-order chi connectivity index (χ0) is 24.9. The Hall–Kier alpha value is -3.68. The average molecular weight is 476 g/mol. The van der Waals surface area contributed by atoms with Crippen LogP contribution in [0.1, 0.15) is 45.1 Å². The van der Waals surface area contributed by atoms with E-state index in [1.807, 2.05) is 54.1 Å². The summed E-state index contributed by atoms with van der Waals surface area (Å²) < 4.78 is 7.05. The van der Waals surface area contributed by atoms with Crippen molar-refractivity contribution in [3.8, 4) is 5.75 Å². The third kappa shape index (κ3) is 5.70. The van der Waals surface area contributed by atoms with Gasteiger partial charge in [-0.15, -0.1) is 0 Å². The fourth-order valence-corrected chi connectivity index (χ4v) is 4.83. The maximum absolute atomic E-state index is 13.3. The fraction of sp³-hybridized carbons (Fsp3) is 0.407. The average Bonchev–Trinajstić information content (AvgIpc) is 3.32. The van der Waals surface area contributed by atoms with Crippen molar-refractivity contribution in [2.24, 2.45) is 13.0 Å². The number of benzene rings is 1. The fourth-order valence-electron chi connectivity index (χ4n) is 4.83. The number of pyridine rings is 1. The zero-order valence-electron chi connectivity index (χ0n) is 20.8. The van der Waals surface area contributed by atoms with Crippen molar-refractivity contribution in [2.75, 3.05) is 27.2 Å². The summed E-state index contributed by atoms with van der Waals surface area (Å²) in [6.45, 7) is 3.17. The van der Waals surface area contributed by atoms with Gasteiger partial charge in [-0.2, -0.15) is 5.10 Å². The van der Waals surface area contributed by atoms with Gasteiger partial charge in [-0.05, 0) is 68.0 Å². The van der Waals surface area contributed by atoms with Crippen molar-refractivity contribution in [2.45, 2.75) is 32.2 Å². The third-order valence-corrected chi connectivity index (χ3v) is 6.81. The second kappa shape index (κ2) is 10.7. The highest BCUT2D eigenvalue weighted by Gasteiger charge is 2.34. The maximum Gasteiger partial charge on any atom is 0.274 e. The van der Waals surface area contributed by atoms with Gasteiger partial charge in [0.05, 0.1) is 7.11 Å². The van der Waals surface area contributed by atoms with Crippen LogP contribution in [0.2, 0.25) is 0 Å². The molecule has 1 atom stereocenters. The Balaban J connectivity index is 1.51. The third-order valence-electron chi connectivity index (χ3n) is 6.81. The topological polar surface area (TPSA) is 80.6 Å². The Bertz CT molecular complexity index is 1180. The van der Waals surface area contributed by atoms with E-state index in [0.29, 0.717) is 30.9 Å². The molecule has 1 saturated heterocycles. The molecule has 4 rings (SSSR count). The van der Waals surface area contributed by atoms with Gasteiger partial charge in [-0.3, -0.25) is 14.3 Å². The molecule has 1 aromatic carbocycles. The van der Waals surface area contributed by atoms with Crippen molar-refractivity contribution in [1.29, 1.82) is 0 Å². The first-order valence-corrected chi connectivity index (χ1v) is 12.0. The molecule has 0 radical (unpaired) electrons. The van der Waals surface area contributed by atoms with Crippen molar-refractivity contribution in [1.82, 2.24) is 24.6 Å². The van der Waals surface area contributed by atoms with Crippen molar-refractivity contribution in [3.05, 3.63) is 77.4 Å². The number of hydrogen-bond acceptors (Lipinski definition) is 5. The van der Waals surface area contributed by atoms with E-state index in [4.69, 9.17) is 4.74 Å². The summed E-state index contributed by atoms with van der Waals surface area (Å²) in [4.78, 5) is 34.4. The maximum atomic E-state index is 13.3. The molecule has 8 heteroatoms. The van der Waals surface area contributed by atoms with Crippen molar-refractivity contribution in [3.63, 3.8) is 0 Å². The first-order valence-electron chi connectivity index (χ1n) is 12.0. The van der Waals surface area contributed by atoms with E-state index < -0.39 is 0 Å². The number of piperidine rings is 1. The number of carbonyl (C=O) groups is 2. The van der Waals surface area contributed by atoms with E-state index in [9.17, 15) is 9.59 Å². The Morgan fingerprint density at radius 3 is 2.51 bits per heavy atom. The summed E-state index contributed by atoms with van der Waals surface area (Å²) in [5.41, 5.74) is 2.86. The molecule has 35 heavy (non-hydrogen) atoms. The summed E-state index contributed by atoms with van der Waals surface area (Å²) in [5, 5.41) is 4.32. The van der Waals surface area contributed by atoms with Gasteiger partial charge < -0.3 is 14.5 Å². The van der Waals surface area contributed by atoms with Crippen LogP contribution in [0.25, 0.3) is 0 Å². The Morgan fingerprint density at radius 2 is 1.86 bits per heavy atom. The van der Waals surface area contributed by atoms with Gasteiger partial charge in [0, 0.05) is 45.1 Å². The number of likely N-dealkylation sites (N-methyl/N-ethyl adjacent to an activating group) is 1. The molecule has 3 heterocycles. The van der Waals surface area contributed by atoms with Crippen LogP contribution in [0.5, 0.6) is 5.75 Å². The largest absolute Gasteiger partial charge is 0.497 e. The standard InChI is InChI=1S/C27H33N5O3/c1-19-7-5-10-23(28-19)27(34)32-15-11-21(12-16-32)25(18-20-8-6-9-22(17-20)35-4)31(3)26(33)24-13-14-30(2)29-24/h5-10,13-14,17,21,25H,11-12,15-16,18H2,1-4H3/t25-/m0/s1. The Morgan fingerprint density at radius 1 is 1.11 bits per heavy atom. The molecule has 0 saturated carbocycles. The summed E-state index contributed by atoms with van der Waals surface area (Å²) in [6, 6.07) is 15.2. The van der Waals surface area contributed by atoms with E-state index in [1.165, 1.54) is 0 Å². The lowest BCUT2D eigenvalue weighted by atomic mass is 9.84. The Labute approximate surface area is 206 Å². The Kier molecular flexibility index (Phi) is 7.48. The van der Waals surface area contributed by atoms with Gasteiger partial charge in [-0.1, -0.05) is 18.2 Å². The summed E-state index contributed by atoms with van der Waals surface area (Å²) in [6.07, 6.45) is 4.10. The van der Waals surface area contributed by atoms with Crippen LogP contribution in [-0.4, -0.2) is 69.7 Å². The predicted molar refractivity (Wildman–Crippen MR) is 133 cm³/mol. The van der Waals surface area contributed by atoms with E-state index >= 15 is 0 Å². The van der Waals surface area contributed by atoms with Crippen LogP contribution in [-0.2, 0) is 13.5 Å². The van der Waals surface area contributed by atoms with Gasteiger partial charge in [-0.25, -0.2) is 4.98 Å². The van der Waals surface area contributed by atoms with Crippen molar-refractivity contribution >= 4 is 11.8 Å². The number of hydrogen-bond donors (Lipinski definition) is 0. The number of aromatic nitrogens is 3. The van der Waals surface area contributed by atoms with Gasteiger partial charge in [0.15, 0.2) is 0 Å². The van der Waals surface area contributed by atoms with Crippen LogP contribution < -0.4 is 4.74 Å². The van der Waals surface area contributed by atoms with Gasteiger partial charge in [0.2, 0.25) is 0 Å². The summed E-state index contributed by atoms with van der Waals surface area (Å²) in [7, 11) is 5.32. The number of nitrogens with zero attached hydrogens (tertiary/aromatic N) is 5. The lowest BCUT2D eigenvalue weighted by molar-refractivity contribution is 0.0516. The molecule has 2 amide bonds. The molecule has 2 aromatic heterocycles. The van der Waals surface area contributed by atoms with E-state index in [-0.39, 0.29) is 23.8 Å². The molecule has 1 aliphatic heterocycles. The molecular weight excluding hydrogens is 442 g/mol. The smallest absolute Gasteiger partial charge is 0.274 e. The number of methoxy groups -OCH3 is 1. The molecule has 184 valence electrons. The molecule has 0 N–H and O–H groups in total. The minimum absolute atomic E-state index is 0.0330. The molecule has 8 nitrogen and oxygen atoms in total. The first-order chi connectivity index (χ1) is 16.9. The minimum Gasteiger partial charge on any atom is -0.497 e. The van der Waals surface area contributed by atoms with Crippen LogP contribution in [0.15, 0.2) is 54.7 Å². The van der Waals surface area contributed by atoms with Crippen LogP contribution in [0.3, 0.4) is 0 Å². The first kappa shape index (κ1) is 24.4. The summed E-state index contributed by atoms with van der Waals surface area (Å²) in [5.74, 6) is 0.912. The zero-order valence-corrected chi connectivity index (χ0v) is 20.8. The molecule has 0 aliphatic carbocycles. The predicted octanol–water partition coefficient (Wildman–Crippen LogP) is 3.37. The second-order valence-corrected chi connectivity index (χ2v) is 9.21. The number of amides is 2. The van der Waals surface area contributed by atoms with Gasteiger partial charge >= 0.3 is 0 Å². The highest BCUT2D eigenvalue weighted by molar-refractivity contribution is 5.93. The van der Waals surface area contributed by atoms with E-state index in [1.54, 1.807) is 37.2 Å². The quantitative estimate of drug-likeness (QED) is 0.523. The van der Waals surface area contributed by atoms with Crippen LogP contribution >= 0.6 is 0 Å². The normalized spacial score (nSPS) is 15.0. The highest BCUT2D eigenvalue weighted by atomic mass is 16.5. The van der Waals surface area contributed by atoms with Gasteiger partial charge in [0.25, 0.3) is 11.8 Å². The van der Waals surface area contributed by atoms with Gasteiger partial charge in [0.1, 0.15) is 17.1 Å². The van der Waals surface area contributed by atoms with E-state index in [0.717, 1.165) is 29.8 Å². The molecule has 0 bridgehead atoms. The SMILES string of the molecule is COc1cccc(C[C@@H](C2CCN(C(=O)c3cccc(C)n3)CC2)N(C)C(=O)c2ccn(C)n2)c1. The monoisotopic (exact) mass is 475 g/mol. The molecule has 1 aliphatic rings. The molecule has 0 unspecified atom stereocenters. The van der Waals surface area contributed by atoms with Crippen LogP contribution in [0, 0.1) is 12.8 Å². The number of carbonyl (C=O) groups excluding carboxylic acids is 2. The minimum atomic E-state index is -0.0963. The second-order valence-electron chi connectivity index (χ2n) is 9.21. The molecule has 3 aromatic rings. The van der Waals surface area contributed by atoms with Crippen molar-refractivity contribution < 1.29 is 14.3 Å². The number of likely N-dealkylation sites (tertiary alicyclic amines) is 1. The van der Waals surface area contributed by atoms with Crippen LogP contribution in [0.4, 0.5) is 0 Å². The molecule has 1 fully saturated rings. The molecular formula is C27H33N5O3. The number of rotatable bonds is 7. The lowest BCUT2D eigenvalue weighted by Crippen LogP contribution is -2.48. The number of ether oxygens (including phenoxy) is 1. The summed E-state index contributed by atoms with van der Waals surface area (Å²) >= 11 is 0. The molecule has 0 spiro atoms.